The van der Waals surface area contributed by atoms with Gasteiger partial charge in [0.25, 0.3) is 0 Å². The van der Waals surface area contributed by atoms with E-state index in [-0.39, 0.29) is 6.10 Å². The summed E-state index contributed by atoms with van der Waals surface area (Å²) in [4.78, 5) is 6.91. The van der Waals surface area contributed by atoms with Crippen LogP contribution in [-0.2, 0) is 0 Å². The van der Waals surface area contributed by atoms with Gasteiger partial charge in [-0.15, -0.1) is 0 Å². The molecule has 112 valence electrons. The second-order valence-corrected chi connectivity index (χ2v) is 5.79. The molecular formula is C17H22N2O2. The van der Waals surface area contributed by atoms with E-state index in [4.69, 9.17) is 4.74 Å². The highest BCUT2D eigenvalue weighted by Crippen LogP contribution is 2.31. The SMILES string of the molecule is COc1ccc2c(N3CCC(C(C)O)CC3)nccc2c1. The number of nitrogens with zero attached hydrogens (tertiary/aromatic N) is 2. The lowest BCUT2D eigenvalue weighted by molar-refractivity contribution is 0.110. The average Bonchev–Trinajstić information content (AvgIpc) is 2.53. The summed E-state index contributed by atoms with van der Waals surface area (Å²) in [6.45, 7) is 3.80. The molecule has 0 saturated carbocycles. The van der Waals surface area contributed by atoms with Crippen molar-refractivity contribution < 1.29 is 9.84 Å². The van der Waals surface area contributed by atoms with Gasteiger partial charge in [-0.1, -0.05) is 0 Å². The van der Waals surface area contributed by atoms with Crippen LogP contribution in [0.4, 0.5) is 5.82 Å². The quantitative estimate of drug-likeness (QED) is 0.942. The zero-order valence-corrected chi connectivity index (χ0v) is 12.6. The van der Waals surface area contributed by atoms with Gasteiger partial charge in [0, 0.05) is 24.7 Å². The van der Waals surface area contributed by atoms with Gasteiger partial charge in [-0.05, 0) is 55.3 Å². The molecule has 21 heavy (non-hydrogen) atoms. The van der Waals surface area contributed by atoms with Crippen molar-refractivity contribution in [3.63, 3.8) is 0 Å². The number of rotatable bonds is 3. The molecule has 1 saturated heterocycles. The number of methoxy groups -OCH3 is 1. The summed E-state index contributed by atoms with van der Waals surface area (Å²) >= 11 is 0. The molecule has 0 bridgehead atoms. The summed E-state index contributed by atoms with van der Waals surface area (Å²) in [5.74, 6) is 2.32. The number of ether oxygens (including phenoxy) is 1. The molecule has 1 atom stereocenters. The highest BCUT2D eigenvalue weighted by atomic mass is 16.5. The van der Waals surface area contributed by atoms with Crippen molar-refractivity contribution in [2.24, 2.45) is 5.92 Å². The molecule has 1 aliphatic heterocycles. The smallest absolute Gasteiger partial charge is 0.136 e. The number of fused-ring (bicyclic) bond motifs is 1. The normalized spacial score (nSPS) is 18.0. The lowest BCUT2D eigenvalue weighted by atomic mass is 9.92. The van der Waals surface area contributed by atoms with Crippen molar-refractivity contribution in [2.45, 2.75) is 25.9 Å². The largest absolute Gasteiger partial charge is 0.497 e. The lowest BCUT2D eigenvalue weighted by Crippen LogP contribution is -2.37. The summed E-state index contributed by atoms with van der Waals surface area (Å²) in [7, 11) is 1.68. The van der Waals surface area contributed by atoms with Gasteiger partial charge >= 0.3 is 0 Å². The monoisotopic (exact) mass is 286 g/mol. The second kappa shape index (κ2) is 5.90. The Balaban J connectivity index is 1.87. The lowest BCUT2D eigenvalue weighted by Gasteiger charge is -2.34. The zero-order valence-electron chi connectivity index (χ0n) is 12.6. The molecule has 1 aromatic carbocycles. The van der Waals surface area contributed by atoms with Crippen molar-refractivity contribution in [1.29, 1.82) is 0 Å². The highest BCUT2D eigenvalue weighted by Gasteiger charge is 2.24. The van der Waals surface area contributed by atoms with E-state index < -0.39 is 0 Å². The molecular weight excluding hydrogens is 264 g/mol. The van der Waals surface area contributed by atoms with E-state index in [2.05, 4.69) is 16.0 Å². The highest BCUT2D eigenvalue weighted by molar-refractivity contribution is 5.93. The molecule has 0 radical (unpaired) electrons. The Hall–Kier alpha value is -1.81. The van der Waals surface area contributed by atoms with Gasteiger partial charge in [0.2, 0.25) is 0 Å². The van der Waals surface area contributed by atoms with E-state index in [0.29, 0.717) is 5.92 Å². The molecule has 1 aliphatic rings. The maximum Gasteiger partial charge on any atom is 0.136 e. The van der Waals surface area contributed by atoms with Gasteiger partial charge in [0.1, 0.15) is 11.6 Å². The molecule has 3 rings (SSSR count). The fourth-order valence-corrected chi connectivity index (χ4v) is 3.11. The van der Waals surface area contributed by atoms with E-state index in [1.54, 1.807) is 7.11 Å². The van der Waals surface area contributed by atoms with E-state index in [1.807, 2.05) is 31.3 Å². The van der Waals surface area contributed by atoms with E-state index in [1.165, 1.54) is 0 Å². The first-order valence-electron chi connectivity index (χ1n) is 7.55. The van der Waals surface area contributed by atoms with Crippen LogP contribution in [0.25, 0.3) is 10.8 Å². The minimum atomic E-state index is -0.211. The van der Waals surface area contributed by atoms with Crippen LogP contribution in [0, 0.1) is 5.92 Å². The number of aromatic nitrogens is 1. The van der Waals surface area contributed by atoms with Crippen LogP contribution < -0.4 is 9.64 Å². The Morgan fingerprint density at radius 2 is 2.05 bits per heavy atom. The molecule has 1 N–H and O–H groups in total. The van der Waals surface area contributed by atoms with Crippen LogP contribution in [-0.4, -0.2) is 36.4 Å². The molecule has 1 aromatic heterocycles. The third kappa shape index (κ3) is 2.81. The summed E-state index contributed by atoms with van der Waals surface area (Å²) in [6, 6.07) is 8.13. The number of piperidine rings is 1. The molecule has 2 heterocycles. The predicted molar refractivity (Wildman–Crippen MR) is 84.9 cm³/mol. The number of hydrogen-bond acceptors (Lipinski definition) is 4. The topological polar surface area (TPSA) is 45.6 Å². The van der Waals surface area contributed by atoms with Crippen LogP contribution in [0.1, 0.15) is 19.8 Å². The molecule has 1 unspecified atom stereocenters. The molecule has 4 nitrogen and oxygen atoms in total. The summed E-state index contributed by atoms with van der Waals surface area (Å²) in [6.07, 6.45) is 3.69. The summed E-state index contributed by atoms with van der Waals surface area (Å²) in [5.41, 5.74) is 0. The van der Waals surface area contributed by atoms with Crippen LogP contribution >= 0.6 is 0 Å². The minimum Gasteiger partial charge on any atom is -0.497 e. The van der Waals surface area contributed by atoms with Crippen molar-refractivity contribution in [1.82, 2.24) is 4.98 Å². The first-order valence-corrected chi connectivity index (χ1v) is 7.55. The van der Waals surface area contributed by atoms with Gasteiger partial charge in [-0.3, -0.25) is 0 Å². The maximum atomic E-state index is 9.72. The summed E-state index contributed by atoms with van der Waals surface area (Å²) < 4.78 is 5.29. The van der Waals surface area contributed by atoms with Crippen molar-refractivity contribution >= 4 is 16.6 Å². The third-order valence-corrected chi connectivity index (χ3v) is 4.47. The number of anilines is 1. The standard InChI is InChI=1S/C17H22N2O2/c1-12(20)13-6-9-19(10-7-13)17-16-4-3-15(21-2)11-14(16)5-8-18-17/h3-5,8,11-13,20H,6-7,9-10H2,1-2H3. The third-order valence-electron chi connectivity index (χ3n) is 4.47. The van der Waals surface area contributed by atoms with E-state index >= 15 is 0 Å². The van der Waals surface area contributed by atoms with E-state index in [0.717, 1.165) is 48.3 Å². The number of hydrogen-bond donors (Lipinski definition) is 1. The van der Waals surface area contributed by atoms with Crippen LogP contribution in [0.15, 0.2) is 30.5 Å². The fourth-order valence-electron chi connectivity index (χ4n) is 3.11. The van der Waals surface area contributed by atoms with Gasteiger partial charge in [-0.2, -0.15) is 0 Å². The zero-order chi connectivity index (χ0) is 14.8. The van der Waals surface area contributed by atoms with Crippen LogP contribution in [0.2, 0.25) is 0 Å². The minimum absolute atomic E-state index is 0.211. The van der Waals surface area contributed by atoms with Gasteiger partial charge in [0.05, 0.1) is 13.2 Å². The number of aliphatic hydroxyl groups is 1. The molecule has 4 heteroatoms. The van der Waals surface area contributed by atoms with Gasteiger partial charge < -0.3 is 14.7 Å². The molecule has 1 fully saturated rings. The Bertz CT molecular complexity index is 619. The Labute approximate surface area is 125 Å². The van der Waals surface area contributed by atoms with Crippen LogP contribution in [0.3, 0.4) is 0 Å². The first kappa shape index (κ1) is 14.1. The molecule has 0 amide bonds. The fraction of sp³-hybridized carbons (Fsp3) is 0.471. The number of pyridine rings is 1. The summed E-state index contributed by atoms with van der Waals surface area (Å²) in [5, 5.41) is 12.0. The number of benzene rings is 1. The average molecular weight is 286 g/mol. The molecule has 0 spiro atoms. The van der Waals surface area contributed by atoms with E-state index in [9.17, 15) is 5.11 Å². The Kier molecular flexibility index (Phi) is 3.97. The van der Waals surface area contributed by atoms with Crippen molar-refractivity contribution in [3.8, 4) is 5.75 Å². The maximum absolute atomic E-state index is 9.72. The predicted octanol–water partition coefficient (Wildman–Crippen LogP) is 2.84. The second-order valence-electron chi connectivity index (χ2n) is 5.79. The Morgan fingerprint density at radius 1 is 1.29 bits per heavy atom. The van der Waals surface area contributed by atoms with Crippen molar-refractivity contribution in [3.05, 3.63) is 30.5 Å². The van der Waals surface area contributed by atoms with Crippen LogP contribution in [0.5, 0.6) is 5.75 Å². The number of aliphatic hydroxyl groups excluding tert-OH is 1. The molecule has 2 aromatic rings. The molecule has 0 aliphatic carbocycles. The van der Waals surface area contributed by atoms with Gasteiger partial charge in [0.15, 0.2) is 0 Å². The van der Waals surface area contributed by atoms with Crippen molar-refractivity contribution in [2.75, 3.05) is 25.1 Å². The van der Waals surface area contributed by atoms with Gasteiger partial charge in [-0.25, -0.2) is 4.98 Å². The Morgan fingerprint density at radius 3 is 2.71 bits per heavy atom. The first-order chi connectivity index (χ1) is 10.2.